The molecule has 0 amide bonds. The second kappa shape index (κ2) is 12.6. The van der Waals surface area contributed by atoms with Gasteiger partial charge in [0.25, 0.3) is 0 Å². The van der Waals surface area contributed by atoms with Crippen molar-refractivity contribution < 1.29 is 16.4 Å². The van der Waals surface area contributed by atoms with Gasteiger partial charge in [0.05, 0.1) is 27.5 Å². The monoisotopic (exact) mass is 712 g/mol. The quantitative estimate of drug-likeness (QED) is 0.167. The Labute approximate surface area is 334 Å². The van der Waals surface area contributed by atoms with E-state index in [1.54, 1.807) is 0 Å². The predicted molar refractivity (Wildman–Crippen MR) is 228 cm³/mol. The van der Waals surface area contributed by atoms with E-state index in [1.165, 1.54) is 0 Å². The highest BCUT2D eigenvalue weighted by molar-refractivity contribution is 6.26. The number of benzene rings is 9. The summed E-state index contributed by atoms with van der Waals surface area (Å²) in [5.41, 5.74) is 0.870. The lowest BCUT2D eigenvalue weighted by Gasteiger charge is -2.17. The molecule has 0 aliphatic carbocycles. The average molecular weight is 713 g/mol. The molecular formula is C51H32N4. The topological polar surface area (TPSA) is 43.6 Å². The third kappa shape index (κ3) is 5.11. The molecule has 0 radical (unpaired) electrons. The summed E-state index contributed by atoms with van der Waals surface area (Å²) in [6.07, 6.45) is 0. The minimum absolute atomic E-state index is 0.0814. The number of para-hydroxylation sites is 2. The first kappa shape index (κ1) is 21.3. The number of rotatable bonds is 5. The van der Waals surface area contributed by atoms with Gasteiger partial charge in [-0.25, -0.2) is 15.0 Å². The van der Waals surface area contributed by atoms with Gasteiger partial charge in [-0.2, -0.15) is 0 Å². The third-order valence-electron chi connectivity index (χ3n) is 9.96. The van der Waals surface area contributed by atoms with Crippen molar-refractivity contribution in [2.45, 2.75) is 0 Å². The Bertz CT molecular complexity index is 3870. The van der Waals surface area contributed by atoms with Gasteiger partial charge in [-0.15, -0.1) is 0 Å². The van der Waals surface area contributed by atoms with Gasteiger partial charge in [0.2, 0.25) is 0 Å². The molecule has 0 bridgehead atoms. The molecule has 0 saturated carbocycles. The molecule has 55 heavy (non-hydrogen) atoms. The van der Waals surface area contributed by atoms with Crippen LogP contribution in [0.15, 0.2) is 194 Å². The minimum atomic E-state index is -0.713. The SMILES string of the molecule is [2H]c1c([2H])c([2H])c(-n2c3c([2H])c([2H])c([2H])c([2H])c3c3c([2H])c(-c4cc5c6ccccc6c6ccccc6c5cc4-c4nc(-c5ccccc5)nc(-c5ccccc5)n4)c([2H])c([2H])c32)c([2H])c1[2H]. The van der Waals surface area contributed by atoms with Crippen molar-refractivity contribution in [2.24, 2.45) is 0 Å². The molecule has 0 unspecified atom stereocenters. The molecule has 0 aliphatic heterocycles. The van der Waals surface area contributed by atoms with Crippen LogP contribution in [0.2, 0.25) is 0 Å². The highest BCUT2D eigenvalue weighted by atomic mass is 15.0. The Morgan fingerprint density at radius 2 is 0.855 bits per heavy atom. The van der Waals surface area contributed by atoms with Gasteiger partial charge in [-0.05, 0) is 85.8 Å². The van der Waals surface area contributed by atoms with Gasteiger partial charge in [0, 0.05) is 33.2 Å². The van der Waals surface area contributed by atoms with E-state index in [-0.39, 0.29) is 38.8 Å². The highest BCUT2D eigenvalue weighted by Gasteiger charge is 2.21. The van der Waals surface area contributed by atoms with Crippen LogP contribution in [0, 0.1) is 0 Å². The van der Waals surface area contributed by atoms with E-state index in [0.29, 0.717) is 28.3 Å². The molecule has 2 aromatic heterocycles. The van der Waals surface area contributed by atoms with Crippen LogP contribution in [-0.4, -0.2) is 19.5 Å². The molecule has 4 heteroatoms. The maximum Gasteiger partial charge on any atom is 0.164 e. The average Bonchev–Trinajstić information content (AvgIpc) is 3.72. The van der Waals surface area contributed by atoms with Crippen LogP contribution in [0.25, 0.3) is 105 Å². The Balaban J connectivity index is 1.35. The van der Waals surface area contributed by atoms with E-state index >= 15 is 0 Å². The Morgan fingerprint density at radius 1 is 0.364 bits per heavy atom. The number of nitrogens with zero attached hydrogens (tertiary/aromatic N) is 4. The zero-order chi connectivity index (χ0) is 46.7. The first-order chi connectivity index (χ1) is 32.3. The lowest BCUT2D eigenvalue weighted by molar-refractivity contribution is 1.07. The largest absolute Gasteiger partial charge is 0.309 e. The summed E-state index contributed by atoms with van der Waals surface area (Å²) < 4.78 is 110. The van der Waals surface area contributed by atoms with Crippen molar-refractivity contribution in [3.8, 4) is 51.0 Å². The van der Waals surface area contributed by atoms with E-state index < -0.39 is 78.2 Å². The normalized spacial score (nSPS) is 14.7. The zero-order valence-electron chi connectivity index (χ0n) is 40.8. The number of aromatic nitrogens is 4. The van der Waals surface area contributed by atoms with Gasteiger partial charge >= 0.3 is 0 Å². The van der Waals surface area contributed by atoms with E-state index in [9.17, 15) is 5.48 Å². The van der Waals surface area contributed by atoms with Gasteiger partial charge < -0.3 is 4.57 Å². The highest BCUT2D eigenvalue weighted by Crippen LogP contribution is 2.43. The number of hydrogen-bond donors (Lipinski definition) is 0. The first-order valence-corrected chi connectivity index (χ1v) is 17.6. The van der Waals surface area contributed by atoms with Crippen molar-refractivity contribution >= 4 is 54.1 Å². The van der Waals surface area contributed by atoms with Crippen molar-refractivity contribution in [3.05, 3.63) is 194 Å². The predicted octanol–water partition coefficient (Wildman–Crippen LogP) is 13.1. The fraction of sp³-hybridized carbons (Fsp3) is 0. The van der Waals surface area contributed by atoms with Crippen molar-refractivity contribution in [3.63, 3.8) is 0 Å². The summed E-state index contributed by atoms with van der Waals surface area (Å²) in [5, 5.41) is 4.89. The standard InChI is InChI=1S/C51H32N4/c1-4-16-33(17-5-1)49-52-50(34-18-6-2-7-19-34)54-51(53-49)46-32-44-40-25-13-11-23-38(40)37-22-10-12-24-39(37)43(44)31-42(46)35-28-29-48-45(30-35)41-26-14-15-27-47(41)55(48)36-20-8-3-9-21-36/h1-32H/i3D,8D,9D,14D,15D,20D,21D,26D,27D,28D,29D,30D. The Morgan fingerprint density at radius 3 is 1.47 bits per heavy atom. The lowest BCUT2D eigenvalue weighted by atomic mass is 9.89. The van der Waals surface area contributed by atoms with Gasteiger partial charge in [-0.1, -0.05) is 151 Å². The molecule has 0 N–H and O–H groups in total. The summed E-state index contributed by atoms with van der Waals surface area (Å²) in [6.45, 7) is 0. The van der Waals surface area contributed by atoms with E-state index in [2.05, 4.69) is 0 Å². The zero-order valence-corrected chi connectivity index (χ0v) is 28.8. The van der Waals surface area contributed by atoms with Gasteiger partial charge in [-0.3, -0.25) is 0 Å². The molecule has 0 saturated heterocycles. The van der Waals surface area contributed by atoms with Crippen molar-refractivity contribution in [1.82, 2.24) is 19.5 Å². The molecule has 0 fully saturated rings. The molecule has 2 heterocycles. The van der Waals surface area contributed by atoms with Crippen molar-refractivity contribution in [2.75, 3.05) is 0 Å². The fourth-order valence-corrected chi connectivity index (χ4v) is 7.50. The molecule has 0 spiro atoms. The van der Waals surface area contributed by atoms with Gasteiger partial charge in [0.15, 0.2) is 17.5 Å². The number of hydrogen-bond acceptors (Lipinski definition) is 3. The fourth-order valence-electron chi connectivity index (χ4n) is 7.50. The van der Waals surface area contributed by atoms with E-state index in [0.717, 1.165) is 36.9 Å². The molecule has 9 aromatic carbocycles. The van der Waals surface area contributed by atoms with Crippen LogP contribution in [-0.2, 0) is 0 Å². The summed E-state index contributed by atoms with van der Waals surface area (Å²) >= 11 is 0. The second-order valence-electron chi connectivity index (χ2n) is 13.1. The molecule has 0 atom stereocenters. The van der Waals surface area contributed by atoms with Crippen LogP contribution in [0.4, 0.5) is 0 Å². The van der Waals surface area contributed by atoms with Crippen LogP contribution in [0.5, 0.6) is 0 Å². The molecular weight excluding hydrogens is 669 g/mol. The Kier molecular flexibility index (Phi) is 4.89. The second-order valence-corrected chi connectivity index (χ2v) is 13.1. The lowest BCUT2D eigenvalue weighted by Crippen LogP contribution is -2.01. The number of fused-ring (bicyclic) bond motifs is 9. The summed E-state index contributed by atoms with van der Waals surface area (Å²) in [5.74, 6) is 0.895. The molecule has 4 nitrogen and oxygen atoms in total. The smallest absolute Gasteiger partial charge is 0.164 e. The third-order valence-corrected chi connectivity index (χ3v) is 9.96. The maximum atomic E-state index is 10.2. The van der Waals surface area contributed by atoms with Crippen LogP contribution in [0.3, 0.4) is 0 Å². The summed E-state index contributed by atoms with van der Waals surface area (Å²) in [7, 11) is 0. The van der Waals surface area contributed by atoms with Crippen LogP contribution >= 0.6 is 0 Å². The molecule has 0 aliphatic rings. The van der Waals surface area contributed by atoms with E-state index in [4.69, 9.17) is 25.9 Å². The van der Waals surface area contributed by atoms with Gasteiger partial charge in [0.1, 0.15) is 0 Å². The molecule has 256 valence electrons. The molecule has 11 rings (SSSR count). The van der Waals surface area contributed by atoms with Crippen LogP contribution in [0.1, 0.15) is 16.4 Å². The molecule has 11 aromatic rings. The van der Waals surface area contributed by atoms with E-state index in [1.807, 2.05) is 121 Å². The minimum Gasteiger partial charge on any atom is -0.309 e. The summed E-state index contributed by atoms with van der Waals surface area (Å²) in [4.78, 5) is 15.1. The van der Waals surface area contributed by atoms with Crippen LogP contribution < -0.4 is 0 Å². The Hall–Kier alpha value is -7.43. The maximum absolute atomic E-state index is 10.2. The van der Waals surface area contributed by atoms with Crippen molar-refractivity contribution in [1.29, 1.82) is 0 Å². The first-order valence-electron chi connectivity index (χ1n) is 23.6. The summed E-state index contributed by atoms with van der Waals surface area (Å²) in [6, 6.07) is 31.0.